The topological polar surface area (TPSA) is 103 Å². The highest BCUT2D eigenvalue weighted by molar-refractivity contribution is 5.92. The van der Waals surface area contributed by atoms with Crippen LogP contribution < -0.4 is 15.8 Å². The van der Waals surface area contributed by atoms with Crippen molar-refractivity contribution < 1.29 is 9.53 Å². The van der Waals surface area contributed by atoms with Crippen molar-refractivity contribution >= 4 is 22.6 Å². The molecule has 2 saturated carbocycles. The number of hydrogen-bond donors (Lipinski definition) is 2. The molecule has 188 valence electrons. The Hall–Kier alpha value is -3.30. The molecule has 0 bridgehead atoms. The van der Waals surface area contributed by atoms with Crippen molar-refractivity contribution in [3.63, 3.8) is 0 Å². The van der Waals surface area contributed by atoms with E-state index in [1.165, 1.54) is 0 Å². The molecule has 36 heavy (non-hydrogen) atoms. The molecule has 3 aliphatic rings. The molecule has 0 aromatic carbocycles. The summed E-state index contributed by atoms with van der Waals surface area (Å²) in [5, 5.41) is 2.86. The van der Waals surface area contributed by atoms with Gasteiger partial charge in [-0.2, -0.15) is 0 Å². The molecule has 1 saturated heterocycles. The zero-order valence-corrected chi connectivity index (χ0v) is 20.4. The third-order valence-electron chi connectivity index (χ3n) is 7.18. The molecule has 0 unspecified atom stereocenters. The zero-order chi connectivity index (χ0) is 24.5. The van der Waals surface area contributed by atoms with Crippen molar-refractivity contribution in [3.8, 4) is 0 Å². The SMILES string of the molecule is O=C(NCCOC1CC1)c1ccc(N2CCN(Cc3cnc4cc(C5CC5)c(=O)[nH]c4c3)CC2)cn1. The first kappa shape index (κ1) is 23.1. The summed E-state index contributed by atoms with van der Waals surface area (Å²) in [5.74, 6) is 0.246. The molecule has 9 heteroatoms. The van der Waals surface area contributed by atoms with Crippen LogP contribution in [0.1, 0.15) is 53.2 Å². The summed E-state index contributed by atoms with van der Waals surface area (Å²) < 4.78 is 5.56. The van der Waals surface area contributed by atoms with Gasteiger partial charge in [0.2, 0.25) is 0 Å². The van der Waals surface area contributed by atoms with E-state index in [1.807, 2.05) is 18.3 Å². The smallest absolute Gasteiger partial charge is 0.269 e. The van der Waals surface area contributed by atoms with Crippen LogP contribution in [0.2, 0.25) is 0 Å². The Bertz CT molecular complexity index is 1290. The van der Waals surface area contributed by atoms with E-state index in [-0.39, 0.29) is 11.5 Å². The highest BCUT2D eigenvalue weighted by Crippen LogP contribution is 2.38. The maximum atomic E-state index is 12.4. The molecule has 9 nitrogen and oxygen atoms in total. The van der Waals surface area contributed by atoms with Crippen LogP contribution in [-0.2, 0) is 11.3 Å². The molecule has 2 N–H and O–H groups in total. The third kappa shape index (κ3) is 5.42. The van der Waals surface area contributed by atoms with Gasteiger partial charge in [0.15, 0.2) is 0 Å². The van der Waals surface area contributed by atoms with Gasteiger partial charge >= 0.3 is 0 Å². The first-order chi connectivity index (χ1) is 17.6. The first-order valence-corrected chi connectivity index (χ1v) is 13.0. The Morgan fingerprint density at radius 2 is 1.89 bits per heavy atom. The van der Waals surface area contributed by atoms with Crippen LogP contribution in [0.3, 0.4) is 0 Å². The van der Waals surface area contributed by atoms with Crippen LogP contribution in [0.4, 0.5) is 5.69 Å². The van der Waals surface area contributed by atoms with Gasteiger partial charge in [-0.25, -0.2) is 4.98 Å². The van der Waals surface area contributed by atoms with Crippen LogP contribution in [0, 0.1) is 0 Å². The lowest BCUT2D eigenvalue weighted by Gasteiger charge is -2.36. The molecule has 2 aliphatic carbocycles. The minimum Gasteiger partial charge on any atom is -0.376 e. The molecule has 0 atom stereocenters. The number of piperazine rings is 1. The highest BCUT2D eigenvalue weighted by Gasteiger charge is 2.27. The number of fused-ring (bicyclic) bond motifs is 1. The molecule has 1 aliphatic heterocycles. The summed E-state index contributed by atoms with van der Waals surface area (Å²) in [6, 6.07) is 7.77. The number of carbonyl (C=O) groups is 1. The molecular formula is C27H32N6O3. The van der Waals surface area contributed by atoms with Gasteiger partial charge in [0, 0.05) is 51.0 Å². The third-order valence-corrected chi connectivity index (χ3v) is 7.18. The van der Waals surface area contributed by atoms with Gasteiger partial charge in [-0.15, -0.1) is 0 Å². The van der Waals surface area contributed by atoms with Crippen LogP contribution >= 0.6 is 0 Å². The predicted molar refractivity (Wildman–Crippen MR) is 137 cm³/mol. The number of ether oxygens (including phenoxy) is 1. The van der Waals surface area contributed by atoms with E-state index in [1.54, 1.807) is 12.3 Å². The highest BCUT2D eigenvalue weighted by atomic mass is 16.5. The van der Waals surface area contributed by atoms with Gasteiger partial charge in [0.25, 0.3) is 11.5 Å². The Morgan fingerprint density at radius 1 is 1.06 bits per heavy atom. The number of anilines is 1. The van der Waals surface area contributed by atoms with Crippen molar-refractivity contribution in [1.82, 2.24) is 25.2 Å². The van der Waals surface area contributed by atoms with Crippen molar-refractivity contribution in [1.29, 1.82) is 0 Å². The van der Waals surface area contributed by atoms with Crippen molar-refractivity contribution in [3.05, 3.63) is 63.8 Å². The Labute approximate surface area is 209 Å². The standard InChI is InChI=1S/C27H32N6O3/c34-26-22(19-1-2-19)14-24-25(31-26)13-18(15-29-24)17-32-8-10-33(11-9-32)20-3-6-23(30-16-20)27(35)28-7-12-36-21-4-5-21/h3,6,13-16,19,21H,1-2,4-5,7-12,17H2,(H,28,35)(H,31,34). The van der Waals surface area contributed by atoms with Gasteiger partial charge < -0.3 is 19.9 Å². The number of nitrogens with zero attached hydrogens (tertiary/aromatic N) is 4. The fourth-order valence-electron chi connectivity index (χ4n) is 4.77. The monoisotopic (exact) mass is 488 g/mol. The van der Waals surface area contributed by atoms with E-state index < -0.39 is 0 Å². The molecular weight excluding hydrogens is 456 g/mol. The average Bonchev–Trinajstić information content (AvgIpc) is 3.82. The molecule has 3 aromatic rings. The van der Waals surface area contributed by atoms with Gasteiger partial charge in [0.1, 0.15) is 5.69 Å². The maximum absolute atomic E-state index is 12.4. The van der Waals surface area contributed by atoms with E-state index >= 15 is 0 Å². The number of H-pyrrole nitrogens is 1. The Morgan fingerprint density at radius 3 is 2.61 bits per heavy atom. The number of aromatic nitrogens is 3. The number of pyridine rings is 3. The molecule has 1 amide bonds. The van der Waals surface area contributed by atoms with E-state index in [0.29, 0.717) is 30.9 Å². The average molecular weight is 489 g/mol. The number of aromatic amines is 1. The molecule has 0 spiro atoms. The second-order valence-corrected chi connectivity index (χ2v) is 10.1. The summed E-state index contributed by atoms with van der Waals surface area (Å²) in [7, 11) is 0. The quantitative estimate of drug-likeness (QED) is 0.446. The van der Waals surface area contributed by atoms with Crippen LogP contribution in [0.25, 0.3) is 11.0 Å². The van der Waals surface area contributed by atoms with E-state index in [2.05, 4.69) is 36.1 Å². The number of hydrogen-bond acceptors (Lipinski definition) is 7. The Kier molecular flexibility index (Phi) is 6.41. The minimum absolute atomic E-state index is 0.0252. The summed E-state index contributed by atoms with van der Waals surface area (Å²) in [4.78, 5) is 41.4. The molecule has 3 aromatic heterocycles. The van der Waals surface area contributed by atoms with Gasteiger partial charge in [-0.1, -0.05) is 0 Å². The fraction of sp³-hybridized carbons (Fsp3) is 0.481. The van der Waals surface area contributed by atoms with Crippen LogP contribution in [-0.4, -0.2) is 71.2 Å². The van der Waals surface area contributed by atoms with Gasteiger partial charge in [-0.05, 0) is 61.4 Å². The summed E-state index contributed by atoms with van der Waals surface area (Å²) in [6.07, 6.45) is 8.58. The predicted octanol–water partition coefficient (Wildman–Crippen LogP) is 2.43. The van der Waals surface area contributed by atoms with Crippen molar-refractivity contribution in [2.45, 2.75) is 44.2 Å². The van der Waals surface area contributed by atoms with E-state index in [4.69, 9.17) is 4.74 Å². The summed E-state index contributed by atoms with van der Waals surface area (Å²) >= 11 is 0. The molecule has 4 heterocycles. The minimum atomic E-state index is -0.167. The van der Waals surface area contributed by atoms with Crippen LogP contribution in [0.15, 0.2) is 41.5 Å². The summed E-state index contributed by atoms with van der Waals surface area (Å²) in [6.45, 7) is 5.45. The van der Waals surface area contributed by atoms with Crippen LogP contribution in [0.5, 0.6) is 0 Å². The zero-order valence-electron chi connectivity index (χ0n) is 20.4. The normalized spacial score (nSPS) is 18.5. The second-order valence-electron chi connectivity index (χ2n) is 10.1. The second kappa shape index (κ2) is 9.99. The van der Waals surface area contributed by atoms with Crippen molar-refractivity contribution in [2.75, 3.05) is 44.2 Å². The molecule has 0 radical (unpaired) electrons. The maximum Gasteiger partial charge on any atom is 0.269 e. The van der Waals surface area contributed by atoms with Crippen molar-refractivity contribution in [2.24, 2.45) is 0 Å². The number of carbonyl (C=O) groups excluding carboxylic acids is 1. The lowest BCUT2D eigenvalue weighted by Crippen LogP contribution is -2.46. The largest absolute Gasteiger partial charge is 0.376 e. The lowest BCUT2D eigenvalue weighted by atomic mass is 10.1. The number of nitrogens with one attached hydrogen (secondary N) is 2. The first-order valence-electron chi connectivity index (χ1n) is 13.0. The fourth-order valence-corrected chi connectivity index (χ4v) is 4.77. The van der Waals surface area contributed by atoms with E-state index in [0.717, 1.165) is 86.3 Å². The van der Waals surface area contributed by atoms with Gasteiger partial charge in [-0.3, -0.25) is 19.5 Å². The lowest BCUT2D eigenvalue weighted by molar-refractivity contribution is 0.0894. The molecule has 3 fully saturated rings. The number of amides is 1. The summed E-state index contributed by atoms with van der Waals surface area (Å²) in [5.41, 5.74) is 5.13. The Balaban J connectivity index is 1.00. The number of rotatable bonds is 9. The van der Waals surface area contributed by atoms with Gasteiger partial charge in [0.05, 0.1) is 35.6 Å². The van der Waals surface area contributed by atoms with E-state index in [9.17, 15) is 9.59 Å². The molecule has 6 rings (SSSR count).